The van der Waals surface area contributed by atoms with Gasteiger partial charge >= 0.3 is 12.1 Å². The zero-order valence-corrected chi connectivity index (χ0v) is 19.1. The number of ether oxygens (including phenoxy) is 1. The fourth-order valence-corrected chi connectivity index (χ4v) is 6.41. The molecule has 1 saturated heterocycles. The Bertz CT molecular complexity index is 1040. The Morgan fingerprint density at radius 2 is 1.85 bits per heavy atom. The largest absolute Gasteiger partial charge is 0.496 e. The molecule has 1 heterocycles. The maximum atomic E-state index is 14.1. The van der Waals surface area contributed by atoms with Gasteiger partial charge in [-0.2, -0.15) is 13.2 Å². The Hall–Kier alpha value is -2.40. The molecule has 0 radical (unpaired) electrons. The van der Waals surface area contributed by atoms with Gasteiger partial charge in [0.05, 0.1) is 18.2 Å². The van der Waals surface area contributed by atoms with Crippen LogP contribution in [0.5, 0.6) is 5.75 Å². The highest BCUT2D eigenvalue weighted by atomic mass is 32.2. The van der Waals surface area contributed by atoms with Crippen LogP contribution in [0.2, 0.25) is 0 Å². The molecule has 0 spiro atoms. The first-order valence-corrected chi connectivity index (χ1v) is 11.8. The zero-order valence-electron chi connectivity index (χ0n) is 17.5. The van der Waals surface area contributed by atoms with Crippen molar-refractivity contribution in [1.82, 2.24) is 5.32 Å². The van der Waals surface area contributed by atoms with E-state index >= 15 is 0 Å². The van der Waals surface area contributed by atoms with Crippen LogP contribution >= 0.6 is 23.5 Å². The van der Waals surface area contributed by atoms with Crippen molar-refractivity contribution in [3.05, 3.63) is 64.5 Å². The molecule has 0 unspecified atom stereocenters. The number of alkyl halides is 3. The number of hydrogen-bond donors (Lipinski definition) is 2. The maximum absolute atomic E-state index is 14.1. The van der Waals surface area contributed by atoms with Gasteiger partial charge in [0.2, 0.25) is 0 Å². The smallest absolute Gasteiger partial charge is 0.416 e. The van der Waals surface area contributed by atoms with Crippen LogP contribution in [0.15, 0.2) is 36.4 Å². The van der Waals surface area contributed by atoms with E-state index in [0.717, 1.165) is 29.6 Å². The van der Waals surface area contributed by atoms with E-state index in [0.29, 0.717) is 17.4 Å². The SMILES string of the molecule is COc1ccc(CC2(C(=O)O)SCCCS2)cc1CNC(=O)c1ccc(C(F)(F)F)cc1F. The maximum Gasteiger partial charge on any atom is 0.416 e. The monoisotopic (exact) mass is 503 g/mol. The lowest BCUT2D eigenvalue weighted by atomic mass is 10.0. The van der Waals surface area contributed by atoms with Crippen LogP contribution < -0.4 is 10.1 Å². The number of nitrogens with one attached hydrogen (secondary N) is 1. The molecule has 178 valence electrons. The van der Waals surface area contributed by atoms with Crippen LogP contribution in [-0.4, -0.2) is 39.7 Å². The van der Waals surface area contributed by atoms with E-state index in [1.807, 2.05) is 0 Å². The molecule has 3 rings (SSSR count). The summed E-state index contributed by atoms with van der Waals surface area (Å²) in [5, 5.41) is 12.3. The van der Waals surface area contributed by atoms with Gasteiger partial charge in [-0.25, -0.2) is 9.18 Å². The molecule has 5 nitrogen and oxygen atoms in total. The quantitative estimate of drug-likeness (QED) is 0.520. The van der Waals surface area contributed by atoms with Gasteiger partial charge in [-0.1, -0.05) is 12.1 Å². The first kappa shape index (κ1) is 25.2. The van der Waals surface area contributed by atoms with E-state index in [1.165, 1.54) is 30.6 Å². The highest BCUT2D eigenvalue weighted by Gasteiger charge is 2.41. The van der Waals surface area contributed by atoms with E-state index in [2.05, 4.69) is 5.32 Å². The van der Waals surface area contributed by atoms with Crippen molar-refractivity contribution in [2.45, 2.75) is 29.6 Å². The summed E-state index contributed by atoms with van der Waals surface area (Å²) in [6.07, 6.45) is -3.52. The number of carboxylic acid groups (broad SMARTS) is 1. The number of carboxylic acids is 1. The molecule has 11 heteroatoms. The minimum atomic E-state index is -4.72. The van der Waals surface area contributed by atoms with Crippen LogP contribution in [0, 0.1) is 5.82 Å². The Labute approximate surface area is 196 Å². The minimum Gasteiger partial charge on any atom is -0.496 e. The summed E-state index contributed by atoms with van der Waals surface area (Å²) in [4.78, 5) is 24.3. The summed E-state index contributed by atoms with van der Waals surface area (Å²) in [6.45, 7) is -0.0866. The van der Waals surface area contributed by atoms with Gasteiger partial charge in [-0.05, 0) is 47.8 Å². The van der Waals surface area contributed by atoms with Crippen molar-refractivity contribution in [3.63, 3.8) is 0 Å². The number of rotatable bonds is 7. The molecule has 2 N–H and O–H groups in total. The van der Waals surface area contributed by atoms with Gasteiger partial charge in [0.1, 0.15) is 11.6 Å². The predicted molar refractivity (Wildman–Crippen MR) is 119 cm³/mol. The van der Waals surface area contributed by atoms with Gasteiger partial charge in [-0.3, -0.25) is 4.79 Å². The zero-order chi connectivity index (χ0) is 24.2. The number of hydrogen-bond acceptors (Lipinski definition) is 5. The van der Waals surface area contributed by atoms with Gasteiger partial charge in [0.25, 0.3) is 5.91 Å². The third-order valence-corrected chi connectivity index (χ3v) is 8.31. The van der Waals surface area contributed by atoms with Crippen LogP contribution in [0.4, 0.5) is 17.6 Å². The summed E-state index contributed by atoms with van der Waals surface area (Å²) in [5.41, 5.74) is -0.443. The van der Waals surface area contributed by atoms with E-state index < -0.39 is 39.1 Å². The van der Waals surface area contributed by atoms with E-state index in [-0.39, 0.29) is 19.0 Å². The molecular weight excluding hydrogens is 482 g/mol. The lowest BCUT2D eigenvalue weighted by molar-refractivity contribution is -0.138. The average Bonchev–Trinajstić information content (AvgIpc) is 2.77. The Morgan fingerprint density at radius 3 is 2.42 bits per heavy atom. The van der Waals surface area contributed by atoms with Crippen LogP contribution in [0.3, 0.4) is 0 Å². The average molecular weight is 504 g/mol. The standard InChI is InChI=1S/C22H21F4NO4S2/c1-31-18-6-3-13(11-21(20(29)30)32-7-2-8-33-21)9-14(18)12-27-19(28)16-5-4-15(10-17(16)23)22(24,25)26/h3-6,9-10H,2,7-8,11-12H2,1H3,(H,27,28)(H,29,30). The lowest BCUT2D eigenvalue weighted by Crippen LogP contribution is -2.37. The second-order valence-electron chi connectivity index (χ2n) is 7.31. The van der Waals surface area contributed by atoms with E-state index in [1.54, 1.807) is 18.2 Å². The minimum absolute atomic E-state index is 0.0866. The number of carbonyl (C=O) groups is 2. The van der Waals surface area contributed by atoms with Crippen molar-refractivity contribution in [3.8, 4) is 5.75 Å². The topological polar surface area (TPSA) is 75.6 Å². The first-order valence-electron chi connectivity index (χ1n) is 9.88. The molecule has 1 amide bonds. The molecule has 2 aromatic rings. The van der Waals surface area contributed by atoms with Crippen molar-refractivity contribution < 1.29 is 37.0 Å². The molecule has 1 aliphatic rings. The van der Waals surface area contributed by atoms with E-state index in [4.69, 9.17) is 4.74 Å². The predicted octanol–water partition coefficient (Wildman–Crippen LogP) is 4.98. The van der Waals surface area contributed by atoms with Gasteiger partial charge in [0, 0.05) is 18.5 Å². The Kier molecular flexibility index (Phi) is 7.84. The van der Waals surface area contributed by atoms with Crippen LogP contribution in [0.1, 0.15) is 33.5 Å². The summed E-state index contributed by atoms with van der Waals surface area (Å²) >= 11 is 2.78. The lowest BCUT2D eigenvalue weighted by Gasteiger charge is -2.32. The number of aliphatic carboxylic acids is 1. The van der Waals surface area contributed by atoms with Crippen molar-refractivity contribution in [2.75, 3.05) is 18.6 Å². The van der Waals surface area contributed by atoms with Gasteiger partial charge in [-0.15, -0.1) is 23.5 Å². The fourth-order valence-electron chi connectivity index (χ4n) is 3.37. The molecule has 2 aromatic carbocycles. The third kappa shape index (κ3) is 5.94. The molecular formula is C22H21F4NO4S2. The van der Waals surface area contributed by atoms with Crippen molar-refractivity contribution in [1.29, 1.82) is 0 Å². The molecule has 0 bridgehead atoms. The number of methoxy groups -OCH3 is 1. The molecule has 1 aliphatic heterocycles. The fraction of sp³-hybridized carbons (Fsp3) is 0.364. The normalized spacial score (nSPS) is 15.7. The number of carbonyl (C=O) groups excluding carboxylic acids is 1. The molecule has 33 heavy (non-hydrogen) atoms. The van der Waals surface area contributed by atoms with Crippen LogP contribution in [0.25, 0.3) is 0 Å². The van der Waals surface area contributed by atoms with E-state index in [9.17, 15) is 32.3 Å². The molecule has 0 atom stereocenters. The molecule has 1 fully saturated rings. The summed E-state index contributed by atoms with van der Waals surface area (Å²) in [5.74, 6) is -1.14. The summed E-state index contributed by atoms with van der Waals surface area (Å²) in [7, 11) is 1.43. The van der Waals surface area contributed by atoms with Gasteiger partial charge < -0.3 is 15.2 Å². The number of benzene rings is 2. The van der Waals surface area contributed by atoms with Gasteiger partial charge in [0.15, 0.2) is 4.08 Å². The highest BCUT2D eigenvalue weighted by molar-refractivity contribution is 8.19. The third-order valence-electron chi connectivity index (χ3n) is 5.05. The van der Waals surface area contributed by atoms with Crippen molar-refractivity contribution in [2.24, 2.45) is 0 Å². The first-order chi connectivity index (χ1) is 15.6. The number of thioether (sulfide) groups is 2. The van der Waals surface area contributed by atoms with Crippen LogP contribution in [-0.2, 0) is 23.9 Å². The Balaban J connectivity index is 1.77. The van der Waals surface area contributed by atoms with Crippen molar-refractivity contribution >= 4 is 35.4 Å². The second-order valence-corrected chi connectivity index (χ2v) is 10.4. The molecule has 0 aromatic heterocycles. The Morgan fingerprint density at radius 1 is 1.15 bits per heavy atom. The number of halogens is 4. The summed E-state index contributed by atoms with van der Waals surface area (Å²) < 4.78 is 56.5. The number of amides is 1. The molecule has 0 aliphatic carbocycles. The second kappa shape index (κ2) is 10.3. The summed E-state index contributed by atoms with van der Waals surface area (Å²) in [6, 6.07) is 6.83. The highest BCUT2D eigenvalue weighted by Crippen LogP contribution is 2.45. The molecule has 0 saturated carbocycles.